The van der Waals surface area contributed by atoms with E-state index in [2.05, 4.69) is 6.92 Å². The van der Waals surface area contributed by atoms with Crippen LogP contribution in [0.3, 0.4) is 0 Å². The summed E-state index contributed by atoms with van der Waals surface area (Å²) in [6.45, 7) is 5.11. The van der Waals surface area contributed by atoms with Crippen LogP contribution in [0.1, 0.15) is 84.5 Å². The molecule has 20 heavy (non-hydrogen) atoms. The Hall–Kier alpha value is -0.570. The fraction of sp³-hybridized carbons (Fsp3) is 0.941. The lowest BCUT2D eigenvalue weighted by atomic mass is 10.1. The zero-order valence-electron chi connectivity index (χ0n) is 13.4. The van der Waals surface area contributed by atoms with E-state index in [0.29, 0.717) is 12.5 Å². The van der Waals surface area contributed by atoms with Crippen molar-refractivity contribution >= 4 is 5.97 Å². The SMILES string of the molecule is CCCCCCCCC(=O)O[C@@H](C)CC[C@@H]1CCCO1. The molecular formula is C17H32O3. The molecule has 0 radical (unpaired) electrons. The summed E-state index contributed by atoms with van der Waals surface area (Å²) in [4.78, 5) is 11.7. The van der Waals surface area contributed by atoms with Crippen molar-refractivity contribution in [3.63, 3.8) is 0 Å². The van der Waals surface area contributed by atoms with Gasteiger partial charge in [0, 0.05) is 13.0 Å². The Bertz CT molecular complexity index is 247. The Balaban J connectivity index is 1.94. The number of carbonyl (C=O) groups is 1. The van der Waals surface area contributed by atoms with Crippen molar-refractivity contribution in [3.8, 4) is 0 Å². The van der Waals surface area contributed by atoms with Gasteiger partial charge in [0.05, 0.1) is 12.2 Å². The quantitative estimate of drug-likeness (QED) is 0.410. The summed E-state index contributed by atoms with van der Waals surface area (Å²) in [6, 6.07) is 0. The number of esters is 1. The van der Waals surface area contributed by atoms with Gasteiger partial charge in [0.25, 0.3) is 0 Å². The van der Waals surface area contributed by atoms with E-state index in [0.717, 1.165) is 32.3 Å². The molecule has 0 spiro atoms. The zero-order valence-corrected chi connectivity index (χ0v) is 13.4. The monoisotopic (exact) mass is 284 g/mol. The van der Waals surface area contributed by atoms with Crippen LogP contribution in [0.15, 0.2) is 0 Å². The lowest BCUT2D eigenvalue weighted by Crippen LogP contribution is -2.17. The van der Waals surface area contributed by atoms with Gasteiger partial charge in [-0.25, -0.2) is 0 Å². The molecule has 0 aromatic carbocycles. The van der Waals surface area contributed by atoms with Crippen molar-refractivity contribution in [1.29, 1.82) is 0 Å². The summed E-state index contributed by atoms with van der Waals surface area (Å²) < 4.78 is 11.0. The normalized spacial score (nSPS) is 20.0. The van der Waals surface area contributed by atoms with Crippen LogP contribution in [-0.4, -0.2) is 24.8 Å². The lowest BCUT2D eigenvalue weighted by Gasteiger charge is -2.15. The Morgan fingerprint density at radius 2 is 2.00 bits per heavy atom. The average molecular weight is 284 g/mol. The molecule has 0 unspecified atom stereocenters. The molecule has 1 aliphatic heterocycles. The molecular weight excluding hydrogens is 252 g/mol. The molecule has 1 rings (SSSR count). The summed E-state index contributed by atoms with van der Waals surface area (Å²) in [5.74, 6) is -0.0275. The van der Waals surface area contributed by atoms with Crippen LogP contribution < -0.4 is 0 Å². The molecule has 0 amide bonds. The number of hydrogen-bond acceptors (Lipinski definition) is 3. The van der Waals surface area contributed by atoms with E-state index < -0.39 is 0 Å². The predicted octanol–water partition coefficient (Wildman–Crippen LogP) is 4.63. The van der Waals surface area contributed by atoms with Gasteiger partial charge in [-0.2, -0.15) is 0 Å². The van der Waals surface area contributed by atoms with Crippen LogP contribution in [-0.2, 0) is 14.3 Å². The van der Waals surface area contributed by atoms with Crippen molar-refractivity contribution in [2.75, 3.05) is 6.61 Å². The van der Waals surface area contributed by atoms with Crippen molar-refractivity contribution < 1.29 is 14.3 Å². The standard InChI is InChI=1S/C17H32O3/c1-3-4-5-6-7-8-11-17(18)20-15(2)12-13-16-10-9-14-19-16/h15-16H,3-14H2,1-2H3/t15-,16-/m0/s1. The van der Waals surface area contributed by atoms with Crippen LogP contribution >= 0.6 is 0 Å². The zero-order chi connectivity index (χ0) is 14.6. The fourth-order valence-electron chi connectivity index (χ4n) is 2.68. The van der Waals surface area contributed by atoms with Crippen LogP contribution in [0.5, 0.6) is 0 Å². The number of hydrogen-bond donors (Lipinski definition) is 0. The molecule has 1 heterocycles. The molecule has 1 aliphatic rings. The van der Waals surface area contributed by atoms with Crippen molar-refractivity contribution in [2.24, 2.45) is 0 Å². The van der Waals surface area contributed by atoms with Gasteiger partial charge in [-0.05, 0) is 39.0 Å². The second kappa shape index (κ2) is 11.1. The highest BCUT2D eigenvalue weighted by Crippen LogP contribution is 2.18. The second-order valence-electron chi connectivity index (χ2n) is 6.03. The fourth-order valence-corrected chi connectivity index (χ4v) is 2.68. The van der Waals surface area contributed by atoms with Gasteiger partial charge in [-0.3, -0.25) is 4.79 Å². The smallest absolute Gasteiger partial charge is 0.306 e. The van der Waals surface area contributed by atoms with Crippen molar-refractivity contribution in [3.05, 3.63) is 0 Å². The minimum absolute atomic E-state index is 0.0275. The highest BCUT2D eigenvalue weighted by atomic mass is 16.5. The number of ether oxygens (including phenoxy) is 2. The number of rotatable bonds is 11. The first-order valence-corrected chi connectivity index (χ1v) is 8.53. The third-order valence-corrected chi connectivity index (χ3v) is 3.99. The Labute approximate surface area is 124 Å². The largest absolute Gasteiger partial charge is 0.463 e. The highest BCUT2D eigenvalue weighted by molar-refractivity contribution is 5.69. The van der Waals surface area contributed by atoms with E-state index in [9.17, 15) is 4.79 Å². The van der Waals surface area contributed by atoms with E-state index in [1.165, 1.54) is 38.5 Å². The summed E-state index contributed by atoms with van der Waals surface area (Å²) in [7, 11) is 0. The lowest BCUT2D eigenvalue weighted by molar-refractivity contribution is -0.148. The van der Waals surface area contributed by atoms with Gasteiger partial charge < -0.3 is 9.47 Å². The van der Waals surface area contributed by atoms with E-state index in [-0.39, 0.29) is 12.1 Å². The summed E-state index contributed by atoms with van der Waals surface area (Å²) in [5.41, 5.74) is 0. The minimum Gasteiger partial charge on any atom is -0.463 e. The molecule has 0 N–H and O–H groups in total. The molecule has 0 aromatic rings. The predicted molar refractivity (Wildman–Crippen MR) is 81.8 cm³/mol. The van der Waals surface area contributed by atoms with E-state index in [4.69, 9.17) is 9.47 Å². The Morgan fingerprint density at radius 3 is 2.70 bits per heavy atom. The van der Waals surface area contributed by atoms with Gasteiger partial charge in [-0.1, -0.05) is 39.0 Å². The first kappa shape index (κ1) is 17.5. The minimum atomic E-state index is -0.0275. The van der Waals surface area contributed by atoms with Crippen LogP contribution in [0.25, 0.3) is 0 Å². The maximum absolute atomic E-state index is 11.7. The molecule has 3 heteroatoms. The first-order chi connectivity index (χ1) is 9.72. The van der Waals surface area contributed by atoms with Crippen LogP contribution in [0.4, 0.5) is 0 Å². The average Bonchev–Trinajstić information content (AvgIpc) is 2.93. The summed E-state index contributed by atoms with van der Waals surface area (Å²) >= 11 is 0. The first-order valence-electron chi connectivity index (χ1n) is 8.53. The number of carbonyl (C=O) groups excluding carboxylic acids is 1. The van der Waals surface area contributed by atoms with Gasteiger partial charge in [0.2, 0.25) is 0 Å². The molecule has 3 nitrogen and oxygen atoms in total. The van der Waals surface area contributed by atoms with Crippen molar-refractivity contribution in [1.82, 2.24) is 0 Å². The molecule has 0 aromatic heterocycles. The van der Waals surface area contributed by atoms with Gasteiger partial charge in [0.15, 0.2) is 0 Å². The maximum Gasteiger partial charge on any atom is 0.306 e. The number of unbranched alkanes of at least 4 members (excludes halogenated alkanes) is 5. The van der Waals surface area contributed by atoms with Gasteiger partial charge in [-0.15, -0.1) is 0 Å². The third kappa shape index (κ3) is 8.57. The van der Waals surface area contributed by atoms with Gasteiger partial charge in [0.1, 0.15) is 0 Å². The Morgan fingerprint density at radius 1 is 1.25 bits per heavy atom. The van der Waals surface area contributed by atoms with Gasteiger partial charge >= 0.3 is 5.97 Å². The van der Waals surface area contributed by atoms with Crippen molar-refractivity contribution in [2.45, 2.75) is 96.7 Å². The van der Waals surface area contributed by atoms with E-state index in [1.54, 1.807) is 0 Å². The molecule has 118 valence electrons. The summed E-state index contributed by atoms with van der Waals surface area (Å²) in [6.07, 6.45) is 12.5. The topological polar surface area (TPSA) is 35.5 Å². The van der Waals surface area contributed by atoms with E-state index in [1.807, 2.05) is 6.92 Å². The highest BCUT2D eigenvalue weighted by Gasteiger charge is 2.17. The molecule has 1 fully saturated rings. The third-order valence-electron chi connectivity index (χ3n) is 3.99. The van der Waals surface area contributed by atoms with Crippen LogP contribution in [0.2, 0.25) is 0 Å². The molecule has 1 saturated heterocycles. The summed E-state index contributed by atoms with van der Waals surface area (Å²) in [5, 5.41) is 0. The molecule has 0 saturated carbocycles. The molecule has 2 atom stereocenters. The molecule has 0 bridgehead atoms. The van der Waals surface area contributed by atoms with Crippen LogP contribution in [0, 0.1) is 0 Å². The second-order valence-corrected chi connectivity index (χ2v) is 6.03. The maximum atomic E-state index is 11.7. The van der Waals surface area contributed by atoms with E-state index >= 15 is 0 Å². The Kier molecular flexibility index (Phi) is 9.73. The molecule has 0 aliphatic carbocycles.